The zero-order valence-electron chi connectivity index (χ0n) is 28.7. The van der Waals surface area contributed by atoms with Crippen molar-refractivity contribution in [1.29, 1.82) is 0 Å². The molecule has 0 radical (unpaired) electrons. The maximum Gasteiger partial charge on any atom is 0.391 e. The van der Waals surface area contributed by atoms with Crippen molar-refractivity contribution >= 4 is 23.5 Å². The first-order valence-electron chi connectivity index (χ1n) is 16.9. The van der Waals surface area contributed by atoms with Gasteiger partial charge < -0.3 is 25.2 Å². The number of Topliss-reactive ketones (excluding diaryl/α,β-unsaturated/α-hetero) is 1. The first kappa shape index (κ1) is 39.6. The van der Waals surface area contributed by atoms with Crippen LogP contribution in [0.2, 0.25) is 0 Å². The van der Waals surface area contributed by atoms with Gasteiger partial charge >= 0.3 is 12.1 Å². The van der Waals surface area contributed by atoms with Crippen LogP contribution in [0.1, 0.15) is 55.7 Å². The highest BCUT2D eigenvalue weighted by Gasteiger charge is 2.47. The van der Waals surface area contributed by atoms with E-state index < -0.39 is 65.5 Å². The van der Waals surface area contributed by atoms with E-state index in [9.17, 15) is 32.3 Å². The molecule has 2 N–H and O–H groups in total. The zero-order chi connectivity index (χ0) is 37.5. The number of halogens is 6. The largest absolute Gasteiger partial charge is 0.481 e. The van der Waals surface area contributed by atoms with Gasteiger partial charge in [0.1, 0.15) is 11.9 Å². The number of amides is 3. The Morgan fingerprint density at radius 2 is 1.63 bits per heavy atom. The smallest absolute Gasteiger partial charge is 0.391 e. The summed E-state index contributed by atoms with van der Waals surface area (Å²) in [7, 11) is 3.20. The number of ketones is 1. The van der Waals surface area contributed by atoms with Gasteiger partial charge in [-0.25, -0.2) is 9.37 Å². The fourth-order valence-electron chi connectivity index (χ4n) is 6.43. The lowest BCUT2D eigenvalue weighted by Gasteiger charge is -2.35. The molecule has 1 saturated heterocycles. The Hall–Kier alpha value is -4.21. The zero-order valence-corrected chi connectivity index (χ0v) is 28.7. The topological polar surface area (TPSA) is 121 Å². The number of benzene rings is 1. The molecule has 0 bridgehead atoms. The molecule has 51 heavy (non-hydrogen) atoms. The Labute approximate surface area is 292 Å². The van der Waals surface area contributed by atoms with Gasteiger partial charge in [0, 0.05) is 63.3 Å². The Morgan fingerprint density at radius 3 is 2.18 bits per heavy atom. The number of carbonyl (C=O) groups is 4. The number of methoxy groups -OCH3 is 1. The molecule has 1 aromatic heterocycles. The van der Waals surface area contributed by atoms with E-state index in [2.05, 4.69) is 20.5 Å². The third-order valence-electron chi connectivity index (χ3n) is 9.62. The summed E-state index contributed by atoms with van der Waals surface area (Å²) in [5.41, 5.74) is -0.595. The van der Waals surface area contributed by atoms with Crippen LogP contribution in [0, 0.1) is 17.7 Å². The SMILES string of the molecule is CCC(=O)N[C@H](Cc1ccc(CC(=O)[C@@H](NC(=O)C(F)(F)c2ccc(OC)nc2)C2CCC(C(F)(F)F)CC2)c(F)c1)C(=O)N1CCN(C)CC1. The van der Waals surface area contributed by atoms with E-state index in [1.165, 1.54) is 19.2 Å². The van der Waals surface area contributed by atoms with E-state index in [0.717, 1.165) is 24.4 Å². The monoisotopic (exact) mass is 727 g/mol. The van der Waals surface area contributed by atoms with Gasteiger partial charge in [-0.15, -0.1) is 0 Å². The molecular weight excluding hydrogens is 684 g/mol. The molecule has 2 atom stereocenters. The van der Waals surface area contributed by atoms with Crippen LogP contribution in [-0.4, -0.2) is 96.9 Å². The van der Waals surface area contributed by atoms with Crippen molar-refractivity contribution in [3.05, 3.63) is 59.0 Å². The average molecular weight is 728 g/mol. The molecule has 2 aliphatic rings. The van der Waals surface area contributed by atoms with Crippen LogP contribution in [0.5, 0.6) is 5.88 Å². The van der Waals surface area contributed by atoms with Crippen molar-refractivity contribution < 1.29 is 50.3 Å². The summed E-state index contributed by atoms with van der Waals surface area (Å²) in [6.45, 7) is 3.86. The first-order chi connectivity index (χ1) is 24.0. The summed E-state index contributed by atoms with van der Waals surface area (Å²) in [5, 5.41) is 4.77. The van der Waals surface area contributed by atoms with Crippen LogP contribution in [0.4, 0.5) is 26.3 Å². The second-order valence-corrected chi connectivity index (χ2v) is 13.1. The second-order valence-electron chi connectivity index (χ2n) is 13.1. The summed E-state index contributed by atoms with van der Waals surface area (Å²) in [5.74, 6) is -10.9. The van der Waals surface area contributed by atoms with Crippen molar-refractivity contribution in [1.82, 2.24) is 25.4 Å². The van der Waals surface area contributed by atoms with Gasteiger partial charge in [-0.2, -0.15) is 22.0 Å². The number of nitrogens with one attached hydrogen (secondary N) is 2. The lowest BCUT2D eigenvalue weighted by molar-refractivity contribution is -0.184. The predicted molar refractivity (Wildman–Crippen MR) is 173 cm³/mol. The standard InChI is InChI=1S/C35H43F6N5O5/c1-4-29(48)43-27(32(49)46-15-13-45(2)14-16-46)18-21-5-6-23(26(36)17-21)19-28(47)31(22-7-9-24(10-8-22)35(39,40)41)44-33(50)34(37,38)25-11-12-30(51-3)42-20-25/h5-6,11-12,17,20,22,24,27,31H,4,7-10,13-16,18-19H2,1-3H3,(H,43,48)(H,44,50)/t22?,24?,27-,31+/m1/s1. The molecule has 16 heteroatoms. The van der Waals surface area contributed by atoms with Gasteiger partial charge in [0.25, 0.3) is 5.91 Å². The van der Waals surface area contributed by atoms with Gasteiger partial charge in [-0.05, 0) is 61.9 Å². The lowest BCUT2D eigenvalue weighted by Crippen LogP contribution is -2.54. The molecule has 280 valence electrons. The van der Waals surface area contributed by atoms with Crippen molar-refractivity contribution in [3.8, 4) is 5.88 Å². The van der Waals surface area contributed by atoms with Crippen LogP contribution in [-0.2, 0) is 37.9 Å². The van der Waals surface area contributed by atoms with Crippen LogP contribution in [0.15, 0.2) is 36.5 Å². The molecule has 0 unspecified atom stereocenters. The maximum atomic E-state index is 15.5. The Bertz CT molecular complexity index is 1540. The van der Waals surface area contributed by atoms with Crippen molar-refractivity contribution in [2.75, 3.05) is 40.3 Å². The summed E-state index contributed by atoms with van der Waals surface area (Å²) in [4.78, 5) is 59.6. The fourth-order valence-corrected chi connectivity index (χ4v) is 6.43. The van der Waals surface area contributed by atoms with Crippen molar-refractivity contribution in [3.63, 3.8) is 0 Å². The highest BCUT2D eigenvalue weighted by atomic mass is 19.4. The molecular formula is C35H43F6N5O5. The number of likely N-dealkylation sites (N-methyl/N-ethyl adjacent to an activating group) is 1. The summed E-state index contributed by atoms with van der Waals surface area (Å²) < 4.78 is 91.0. The molecule has 2 fully saturated rings. The third-order valence-corrected chi connectivity index (χ3v) is 9.62. The third kappa shape index (κ3) is 10.2. The molecule has 2 heterocycles. The number of pyridine rings is 1. The van der Waals surface area contributed by atoms with Gasteiger partial charge in [-0.3, -0.25) is 19.2 Å². The van der Waals surface area contributed by atoms with Crippen LogP contribution < -0.4 is 15.4 Å². The van der Waals surface area contributed by atoms with Gasteiger partial charge in [0.05, 0.1) is 19.1 Å². The molecule has 1 aliphatic carbocycles. The minimum absolute atomic E-state index is 0.0142. The van der Waals surface area contributed by atoms with Crippen LogP contribution in [0.25, 0.3) is 0 Å². The average Bonchev–Trinajstić information content (AvgIpc) is 3.10. The van der Waals surface area contributed by atoms with E-state index >= 15 is 13.2 Å². The van der Waals surface area contributed by atoms with E-state index in [1.807, 2.05) is 7.05 Å². The van der Waals surface area contributed by atoms with Crippen LogP contribution >= 0.6 is 0 Å². The number of hydrogen-bond acceptors (Lipinski definition) is 7. The Morgan fingerprint density at radius 1 is 0.961 bits per heavy atom. The van der Waals surface area contributed by atoms with Crippen LogP contribution in [0.3, 0.4) is 0 Å². The number of piperazine rings is 1. The number of nitrogens with zero attached hydrogens (tertiary/aromatic N) is 3. The molecule has 1 saturated carbocycles. The van der Waals surface area contributed by atoms with E-state index in [4.69, 9.17) is 4.74 Å². The first-order valence-corrected chi connectivity index (χ1v) is 16.9. The predicted octanol–water partition coefficient (Wildman–Crippen LogP) is 4.20. The van der Waals surface area contributed by atoms with Gasteiger partial charge in [0.15, 0.2) is 5.78 Å². The molecule has 2 aromatic rings. The fraction of sp³-hybridized carbons (Fsp3) is 0.571. The molecule has 0 spiro atoms. The summed E-state index contributed by atoms with van der Waals surface area (Å²) in [6.07, 6.45) is -5.38. The normalized spacial score (nSPS) is 19.9. The minimum Gasteiger partial charge on any atom is -0.481 e. The molecule has 1 aromatic carbocycles. The molecule has 1 aliphatic heterocycles. The van der Waals surface area contributed by atoms with Crippen molar-refractivity contribution in [2.45, 2.75) is 76.1 Å². The quantitative estimate of drug-likeness (QED) is 0.297. The number of alkyl halides is 5. The lowest BCUT2D eigenvalue weighted by atomic mass is 9.76. The summed E-state index contributed by atoms with van der Waals surface area (Å²) >= 11 is 0. The highest BCUT2D eigenvalue weighted by molar-refractivity contribution is 5.93. The number of aromatic nitrogens is 1. The summed E-state index contributed by atoms with van der Waals surface area (Å²) in [6, 6.07) is 3.31. The Balaban J connectivity index is 1.52. The number of hydrogen-bond donors (Lipinski definition) is 2. The highest BCUT2D eigenvalue weighted by Crippen LogP contribution is 2.41. The van der Waals surface area contributed by atoms with Crippen molar-refractivity contribution in [2.24, 2.45) is 11.8 Å². The number of ether oxygens (including phenoxy) is 1. The van der Waals surface area contributed by atoms with E-state index in [0.29, 0.717) is 31.7 Å². The maximum absolute atomic E-state index is 15.5. The van der Waals surface area contributed by atoms with E-state index in [1.54, 1.807) is 11.8 Å². The Kier molecular flexibility index (Phi) is 13.1. The molecule has 10 nitrogen and oxygen atoms in total. The number of carbonyl (C=O) groups excluding carboxylic acids is 4. The molecule has 3 amide bonds. The van der Waals surface area contributed by atoms with Gasteiger partial charge in [0.2, 0.25) is 17.7 Å². The minimum atomic E-state index is -4.47. The molecule has 4 rings (SSSR count). The van der Waals surface area contributed by atoms with E-state index in [-0.39, 0.29) is 61.8 Å². The van der Waals surface area contributed by atoms with Gasteiger partial charge in [-0.1, -0.05) is 19.1 Å². The number of rotatable bonds is 13. The second kappa shape index (κ2) is 16.9.